The summed E-state index contributed by atoms with van der Waals surface area (Å²) in [6, 6.07) is 9.44. The molecule has 0 aliphatic carbocycles. The van der Waals surface area contributed by atoms with Gasteiger partial charge in [0.25, 0.3) is 5.91 Å². The lowest BCUT2D eigenvalue weighted by Gasteiger charge is -2.12. The standard InChI is InChI=1S/C19H24N4O3/c1-25-17-7-3-2-5-14(17)8-9-20-19(24)16-11-18(23-13-22-16)21-12-15-6-4-10-26-15/h2-3,5,7,11,13,15H,4,6,8-10,12H2,1H3,(H,20,24)(H,21,22,23). The Hall–Kier alpha value is -2.67. The number of benzene rings is 1. The van der Waals surface area contributed by atoms with Gasteiger partial charge in [0.2, 0.25) is 0 Å². The van der Waals surface area contributed by atoms with Crippen molar-refractivity contribution in [1.29, 1.82) is 0 Å². The summed E-state index contributed by atoms with van der Waals surface area (Å²) in [6.07, 6.45) is 4.44. The molecule has 1 aromatic carbocycles. The number of amides is 1. The number of hydrogen-bond acceptors (Lipinski definition) is 6. The van der Waals surface area contributed by atoms with Crippen molar-refractivity contribution in [1.82, 2.24) is 15.3 Å². The predicted octanol–water partition coefficient (Wildman–Crippen LogP) is 2.05. The molecule has 2 N–H and O–H groups in total. The largest absolute Gasteiger partial charge is 0.496 e. The minimum absolute atomic E-state index is 0.211. The van der Waals surface area contributed by atoms with Gasteiger partial charge in [-0.05, 0) is 30.9 Å². The molecule has 1 aromatic heterocycles. The number of rotatable bonds is 8. The van der Waals surface area contributed by atoms with Crippen LogP contribution in [0.5, 0.6) is 5.75 Å². The molecule has 1 aliphatic rings. The van der Waals surface area contributed by atoms with Crippen molar-refractivity contribution < 1.29 is 14.3 Å². The third-order valence-electron chi connectivity index (χ3n) is 4.31. The summed E-state index contributed by atoms with van der Waals surface area (Å²) in [5, 5.41) is 6.09. The van der Waals surface area contributed by atoms with Crippen LogP contribution in [0.25, 0.3) is 0 Å². The van der Waals surface area contributed by atoms with E-state index in [4.69, 9.17) is 9.47 Å². The lowest BCUT2D eigenvalue weighted by molar-refractivity contribution is 0.0949. The van der Waals surface area contributed by atoms with E-state index >= 15 is 0 Å². The van der Waals surface area contributed by atoms with Crippen LogP contribution in [0.1, 0.15) is 28.9 Å². The maximum atomic E-state index is 12.3. The third-order valence-corrected chi connectivity index (χ3v) is 4.31. The molecule has 0 spiro atoms. The van der Waals surface area contributed by atoms with Gasteiger partial charge in [-0.3, -0.25) is 4.79 Å². The van der Waals surface area contributed by atoms with Crippen LogP contribution in [-0.4, -0.2) is 48.8 Å². The van der Waals surface area contributed by atoms with Gasteiger partial charge in [0.1, 0.15) is 23.6 Å². The van der Waals surface area contributed by atoms with Gasteiger partial charge in [-0.25, -0.2) is 9.97 Å². The monoisotopic (exact) mass is 356 g/mol. The lowest BCUT2D eigenvalue weighted by atomic mass is 10.1. The number of carbonyl (C=O) groups excluding carboxylic acids is 1. The van der Waals surface area contributed by atoms with Crippen molar-refractivity contribution in [3.05, 3.63) is 47.9 Å². The summed E-state index contributed by atoms with van der Waals surface area (Å²) in [5.74, 6) is 1.23. The third kappa shape index (κ3) is 4.92. The van der Waals surface area contributed by atoms with Crippen molar-refractivity contribution in [2.24, 2.45) is 0 Å². The summed E-state index contributed by atoms with van der Waals surface area (Å²) in [5.41, 5.74) is 1.40. The van der Waals surface area contributed by atoms with E-state index in [0.29, 0.717) is 31.0 Å². The number of methoxy groups -OCH3 is 1. The Morgan fingerprint density at radius 3 is 3.04 bits per heavy atom. The fourth-order valence-electron chi connectivity index (χ4n) is 2.91. The summed E-state index contributed by atoms with van der Waals surface area (Å²) in [4.78, 5) is 20.5. The highest BCUT2D eigenvalue weighted by molar-refractivity contribution is 5.92. The molecule has 0 radical (unpaired) electrons. The molecule has 138 valence electrons. The molecule has 7 heteroatoms. The lowest BCUT2D eigenvalue weighted by Crippen LogP contribution is -2.27. The van der Waals surface area contributed by atoms with Crippen molar-refractivity contribution in [2.45, 2.75) is 25.4 Å². The first-order valence-electron chi connectivity index (χ1n) is 8.84. The molecule has 0 bridgehead atoms. The van der Waals surface area contributed by atoms with Gasteiger partial charge >= 0.3 is 0 Å². The normalized spacial score (nSPS) is 16.3. The molecule has 7 nitrogen and oxygen atoms in total. The van der Waals surface area contributed by atoms with Gasteiger partial charge in [0, 0.05) is 25.8 Å². The topological polar surface area (TPSA) is 85.4 Å². The number of aromatic nitrogens is 2. The summed E-state index contributed by atoms with van der Waals surface area (Å²) < 4.78 is 10.9. The first kappa shape index (κ1) is 18.1. The molecule has 1 saturated heterocycles. The molecule has 1 fully saturated rings. The predicted molar refractivity (Wildman–Crippen MR) is 98.5 cm³/mol. The second kappa shape index (κ2) is 9.15. The molecular formula is C19H24N4O3. The number of ether oxygens (including phenoxy) is 2. The average Bonchev–Trinajstić information content (AvgIpc) is 3.20. The van der Waals surface area contributed by atoms with Gasteiger partial charge < -0.3 is 20.1 Å². The molecular weight excluding hydrogens is 332 g/mol. The maximum Gasteiger partial charge on any atom is 0.270 e. The van der Waals surface area contributed by atoms with Crippen LogP contribution >= 0.6 is 0 Å². The Balaban J connectivity index is 1.50. The summed E-state index contributed by atoms with van der Waals surface area (Å²) in [7, 11) is 1.64. The molecule has 1 unspecified atom stereocenters. The van der Waals surface area contributed by atoms with E-state index in [0.717, 1.165) is 30.8 Å². The van der Waals surface area contributed by atoms with Crippen molar-refractivity contribution >= 4 is 11.7 Å². The van der Waals surface area contributed by atoms with E-state index in [9.17, 15) is 4.79 Å². The summed E-state index contributed by atoms with van der Waals surface area (Å²) >= 11 is 0. The van der Waals surface area contributed by atoms with Crippen LogP contribution < -0.4 is 15.4 Å². The SMILES string of the molecule is COc1ccccc1CCNC(=O)c1cc(NCC2CCCO2)ncn1. The van der Waals surface area contributed by atoms with Crippen LogP contribution in [0.3, 0.4) is 0 Å². The van der Waals surface area contributed by atoms with Crippen molar-refractivity contribution in [3.63, 3.8) is 0 Å². The van der Waals surface area contributed by atoms with Crippen LogP contribution in [-0.2, 0) is 11.2 Å². The van der Waals surface area contributed by atoms with Gasteiger partial charge in [0.15, 0.2) is 0 Å². The van der Waals surface area contributed by atoms with E-state index in [1.807, 2.05) is 24.3 Å². The molecule has 1 aliphatic heterocycles. The Morgan fingerprint density at radius 2 is 2.23 bits per heavy atom. The van der Waals surface area contributed by atoms with E-state index in [1.54, 1.807) is 13.2 Å². The molecule has 3 rings (SSSR count). The van der Waals surface area contributed by atoms with Crippen LogP contribution in [0.4, 0.5) is 5.82 Å². The zero-order valence-corrected chi connectivity index (χ0v) is 14.9. The minimum Gasteiger partial charge on any atom is -0.496 e. The first-order valence-corrected chi connectivity index (χ1v) is 8.84. The highest BCUT2D eigenvalue weighted by Crippen LogP contribution is 2.17. The molecule has 0 saturated carbocycles. The molecule has 1 atom stereocenters. The number of anilines is 1. The van der Waals surface area contributed by atoms with Gasteiger partial charge in [0.05, 0.1) is 13.2 Å². The number of hydrogen-bond donors (Lipinski definition) is 2. The van der Waals surface area contributed by atoms with Gasteiger partial charge in [-0.1, -0.05) is 18.2 Å². The number of carbonyl (C=O) groups is 1. The number of nitrogens with one attached hydrogen (secondary N) is 2. The number of nitrogens with zero attached hydrogens (tertiary/aromatic N) is 2. The van der Waals surface area contributed by atoms with Crippen LogP contribution in [0, 0.1) is 0 Å². The van der Waals surface area contributed by atoms with E-state index in [-0.39, 0.29) is 12.0 Å². The van der Waals surface area contributed by atoms with E-state index in [1.165, 1.54) is 6.33 Å². The Morgan fingerprint density at radius 1 is 1.35 bits per heavy atom. The zero-order valence-electron chi connectivity index (χ0n) is 14.9. The van der Waals surface area contributed by atoms with E-state index in [2.05, 4.69) is 20.6 Å². The maximum absolute atomic E-state index is 12.3. The second-order valence-electron chi connectivity index (χ2n) is 6.12. The average molecular weight is 356 g/mol. The van der Waals surface area contributed by atoms with Crippen molar-refractivity contribution in [3.8, 4) is 5.75 Å². The van der Waals surface area contributed by atoms with Crippen LogP contribution in [0.2, 0.25) is 0 Å². The summed E-state index contributed by atoms with van der Waals surface area (Å²) in [6.45, 7) is 2.00. The minimum atomic E-state index is -0.220. The smallest absolute Gasteiger partial charge is 0.270 e. The Kier molecular flexibility index (Phi) is 6.38. The molecule has 2 aromatic rings. The van der Waals surface area contributed by atoms with Gasteiger partial charge in [-0.2, -0.15) is 0 Å². The number of para-hydroxylation sites is 1. The highest BCUT2D eigenvalue weighted by Gasteiger charge is 2.15. The van der Waals surface area contributed by atoms with Crippen molar-refractivity contribution in [2.75, 3.05) is 32.1 Å². The highest BCUT2D eigenvalue weighted by atomic mass is 16.5. The fraction of sp³-hybridized carbons (Fsp3) is 0.421. The first-order chi connectivity index (χ1) is 12.8. The second-order valence-corrected chi connectivity index (χ2v) is 6.12. The molecule has 26 heavy (non-hydrogen) atoms. The quantitative estimate of drug-likeness (QED) is 0.753. The van der Waals surface area contributed by atoms with Crippen LogP contribution in [0.15, 0.2) is 36.7 Å². The zero-order chi connectivity index (χ0) is 18.2. The van der Waals surface area contributed by atoms with Gasteiger partial charge in [-0.15, -0.1) is 0 Å². The Labute approximate surface area is 153 Å². The Bertz CT molecular complexity index is 732. The van der Waals surface area contributed by atoms with E-state index < -0.39 is 0 Å². The fourth-order valence-corrected chi connectivity index (χ4v) is 2.91. The molecule has 1 amide bonds. The molecule has 2 heterocycles.